The molecule has 180 valence electrons. The number of hydrogen-bond acceptors (Lipinski definition) is 10. The summed E-state index contributed by atoms with van der Waals surface area (Å²) in [4.78, 5) is 26.7. The van der Waals surface area contributed by atoms with E-state index in [1.165, 1.54) is 25.8 Å². The molecule has 0 aliphatic rings. The SMILES string of the molecule is COc1ccc(OC)c(C(=O)C(Cc2ccc3nnsc3c2)=C(C(=O)O)c2ccc3nsnc3c2)c1. The second-order valence-electron chi connectivity index (χ2n) is 7.77. The van der Waals surface area contributed by atoms with Crippen LogP contribution in [-0.4, -0.2) is 49.4 Å². The molecule has 0 aliphatic carbocycles. The first-order chi connectivity index (χ1) is 17.5. The van der Waals surface area contributed by atoms with Crippen LogP contribution in [0.25, 0.3) is 26.8 Å². The highest BCUT2D eigenvalue weighted by atomic mass is 32.1. The van der Waals surface area contributed by atoms with Crippen LogP contribution in [0, 0.1) is 0 Å². The molecule has 36 heavy (non-hydrogen) atoms. The summed E-state index contributed by atoms with van der Waals surface area (Å²) in [6, 6.07) is 15.3. The van der Waals surface area contributed by atoms with Crippen LogP contribution < -0.4 is 9.47 Å². The molecular weight excluding hydrogens is 500 g/mol. The maximum absolute atomic E-state index is 14.0. The van der Waals surface area contributed by atoms with E-state index >= 15 is 0 Å². The third-order valence-electron chi connectivity index (χ3n) is 5.68. The van der Waals surface area contributed by atoms with Crippen LogP contribution in [0.5, 0.6) is 11.5 Å². The summed E-state index contributed by atoms with van der Waals surface area (Å²) >= 11 is 2.26. The van der Waals surface area contributed by atoms with Crippen molar-refractivity contribution in [1.29, 1.82) is 0 Å². The van der Waals surface area contributed by atoms with Crippen LogP contribution in [0.2, 0.25) is 0 Å². The van der Waals surface area contributed by atoms with Gasteiger partial charge in [-0.05, 0) is 65.1 Å². The van der Waals surface area contributed by atoms with E-state index in [0.717, 1.165) is 27.5 Å². The van der Waals surface area contributed by atoms with Crippen LogP contribution >= 0.6 is 23.3 Å². The van der Waals surface area contributed by atoms with Crippen LogP contribution in [-0.2, 0) is 11.2 Å². The number of carboxylic acid groups (broad SMARTS) is 1. The summed E-state index contributed by atoms with van der Waals surface area (Å²) in [5.74, 6) is -0.961. The van der Waals surface area contributed by atoms with Crippen molar-refractivity contribution >= 4 is 61.8 Å². The minimum absolute atomic E-state index is 0.0576. The Morgan fingerprint density at radius 1 is 0.917 bits per heavy atom. The number of fused-ring (bicyclic) bond motifs is 2. The fourth-order valence-corrected chi connectivity index (χ4v) is 5.08. The van der Waals surface area contributed by atoms with Gasteiger partial charge in [-0.3, -0.25) is 4.79 Å². The van der Waals surface area contributed by atoms with Crippen molar-refractivity contribution in [3.8, 4) is 11.5 Å². The molecule has 2 heterocycles. The van der Waals surface area contributed by atoms with Gasteiger partial charge in [-0.15, -0.1) is 5.10 Å². The number of rotatable bonds is 8. The molecule has 1 N–H and O–H groups in total. The fraction of sp³-hybridized carbons (Fsp3) is 0.120. The lowest BCUT2D eigenvalue weighted by Crippen LogP contribution is -2.15. The minimum Gasteiger partial charge on any atom is -0.497 e. The van der Waals surface area contributed by atoms with E-state index in [-0.39, 0.29) is 23.1 Å². The Labute approximate surface area is 213 Å². The molecule has 0 saturated heterocycles. The molecule has 0 radical (unpaired) electrons. The Kier molecular flexibility index (Phi) is 6.40. The molecule has 0 saturated carbocycles. The van der Waals surface area contributed by atoms with E-state index in [1.807, 2.05) is 12.1 Å². The number of carbonyl (C=O) groups excluding carboxylic acids is 1. The number of Topliss-reactive ketones (excluding diaryl/α,β-unsaturated/α-hetero) is 1. The standard InChI is InChI=1S/C25H18N4O5S2/c1-33-15-5-8-21(34-2)16(12-15)24(30)17(9-13-3-6-19-22(10-13)35-29-26-19)23(25(31)32)14-4-7-18-20(11-14)28-36-27-18/h3-8,10-12H,9H2,1-2H3,(H,31,32). The number of allylic oxidation sites excluding steroid dienone is 1. The van der Waals surface area contributed by atoms with Gasteiger partial charge in [-0.25, -0.2) is 4.79 Å². The molecule has 0 fully saturated rings. The average Bonchev–Trinajstić information content (AvgIpc) is 3.56. The summed E-state index contributed by atoms with van der Waals surface area (Å²) in [6.45, 7) is 0. The number of benzene rings is 3. The largest absolute Gasteiger partial charge is 0.497 e. The van der Waals surface area contributed by atoms with Crippen molar-refractivity contribution in [2.75, 3.05) is 14.2 Å². The second-order valence-corrected chi connectivity index (χ2v) is 9.09. The average molecular weight is 519 g/mol. The second kappa shape index (κ2) is 9.80. The molecule has 2 aromatic heterocycles. The maximum Gasteiger partial charge on any atom is 0.336 e. The highest BCUT2D eigenvalue weighted by molar-refractivity contribution is 7.12. The maximum atomic E-state index is 14.0. The highest BCUT2D eigenvalue weighted by Gasteiger charge is 2.27. The lowest BCUT2D eigenvalue weighted by molar-refractivity contribution is -0.130. The van der Waals surface area contributed by atoms with Gasteiger partial charge in [0.05, 0.1) is 41.8 Å². The Morgan fingerprint density at radius 2 is 1.72 bits per heavy atom. The van der Waals surface area contributed by atoms with Gasteiger partial charge in [0.1, 0.15) is 28.0 Å². The van der Waals surface area contributed by atoms with Crippen molar-refractivity contribution in [3.63, 3.8) is 0 Å². The summed E-state index contributed by atoms with van der Waals surface area (Å²) in [6.07, 6.45) is 0.0576. The molecule has 11 heteroatoms. The number of carbonyl (C=O) groups is 2. The Balaban J connectivity index is 1.73. The predicted molar refractivity (Wildman–Crippen MR) is 137 cm³/mol. The number of ketones is 1. The quantitative estimate of drug-likeness (QED) is 0.230. The van der Waals surface area contributed by atoms with Gasteiger partial charge in [-0.1, -0.05) is 16.6 Å². The van der Waals surface area contributed by atoms with Crippen LogP contribution in [0.1, 0.15) is 21.5 Å². The van der Waals surface area contributed by atoms with Crippen molar-refractivity contribution in [2.45, 2.75) is 6.42 Å². The van der Waals surface area contributed by atoms with E-state index in [2.05, 4.69) is 18.3 Å². The van der Waals surface area contributed by atoms with Gasteiger partial charge in [0.25, 0.3) is 0 Å². The van der Waals surface area contributed by atoms with Crippen LogP contribution in [0.15, 0.2) is 60.2 Å². The van der Waals surface area contributed by atoms with Gasteiger partial charge in [0.2, 0.25) is 0 Å². The third kappa shape index (κ3) is 4.41. The molecule has 3 aromatic carbocycles. The van der Waals surface area contributed by atoms with E-state index in [4.69, 9.17) is 9.47 Å². The monoisotopic (exact) mass is 518 g/mol. The zero-order valence-electron chi connectivity index (χ0n) is 19.1. The van der Waals surface area contributed by atoms with Gasteiger partial charge in [0.15, 0.2) is 5.78 Å². The molecule has 0 unspecified atom stereocenters. The topological polar surface area (TPSA) is 124 Å². The first-order valence-corrected chi connectivity index (χ1v) is 12.2. The van der Waals surface area contributed by atoms with Crippen molar-refractivity contribution < 1.29 is 24.2 Å². The molecule has 0 bridgehead atoms. The molecule has 0 atom stereocenters. The van der Waals surface area contributed by atoms with E-state index in [0.29, 0.717) is 28.1 Å². The van der Waals surface area contributed by atoms with E-state index in [9.17, 15) is 14.7 Å². The number of methoxy groups -OCH3 is 2. The van der Waals surface area contributed by atoms with E-state index < -0.39 is 11.8 Å². The van der Waals surface area contributed by atoms with Crippen LogP contribution in [0.4, 0.5) is 0 Å². The molecule has 0 spiro atoms. The summed E-state index contributed by atoms with van der Waals surface area (Å²) < 4.78 is 23.9. The molecule has 5 aromatic rings. The molecule has 0 aliphatic heterocycles. The molecular formula is C25H18N4O5S2. The minimum atomic E-state index is -1.23. The Bertz CT molecular complexity index is 1660. The summed E-state index contributed by atoms with van der Waals surface area (Å²) in [5.41, 5.74) is 3.20. The Hall–Kier alpha value is -4.22. The summed E-state index contributed by atoms with van der Waals surface area (Å²) in [5, 5.41) is 14.4. The van der Waals surface area contributed by atoms with Gasteiger partial charge < -0.3 is 14.6 Å². The van der Waals surface area contributed by atoms with Crippen molar-refractivity contribution in [1.82, 2.24) is 18.3 Å². The Morgan fingerprint density at radius 3 is 2.50 bits per heavy atom. The number of nitrogens with zero attached hydrogens (tertiary/aromatic N) is 4. The van der Waals surface area contributed by atoms with E-state index in [1.54, 1.807) is 42.5 Å². The lowest BCUT2D eigenvalue weighted by atomic mass is 9.89. The molecule has 0 amide bonds. The lowest BCUT2D eigenvalue weighted by Gasteiger charge is -2.15. The van der Waals surface area contributed by atoms with Gasteiger partial charge in [-0.2, -0.15) is 8.75 Å². The van der Waals surface area contributed by atoms with Crippen LogP contribution in [0.3, 0.4) is 0 Å². The molecule has 9 nitrogen and oxygen atoms in total. The first kappa shape index (κ1) is 23.5. The number of ether oxygens (including phenoxy) is 2. The smallest absolute Gasteiger partial charge is 0.336 e. The third-order valence-corrected chi connectivity index (χ3v) is 6.92. The van der Waals surface area contributed by atoms with Gasteiger partial charge >= 0.3 is 5.97 Å². The molecule has 5 rings (SSSR count). The van der Waals surface area contributed by atoms with Gasteiger partial charge in [0, 0.05) is 12.0 Å². The predicted octanol–water partition coefficient (Wildman–Crippen LogP) is 4.68. The number of aromatic nitrogens is 4. The van der Waals surface area contributed by atoms with Crippen molar-refractivity contribution in [2.24, 2.45) is 0 Å². The zero-order valence-corrected chi connectivity index (χ0v) is 20.7. The normalized spacial score (nSPS) is 11.9. The number of hydrogen-bond donors (Lipinski definition) is 1. The fourth-order valence-electron chi connectivity index (χ4n) is 3.94. The first-order valence-electron chi connectivity index (χ1n) is 10.7. The highest BCUT2D eigenvalue weighted by Crippen LogP contribution is 2.32. The number of carboxylic acids is 1. The van der Waals surface area contributed by atoms with Crippen molar-refractivity contribution in [3.05, 3.63) is 76.9 Å². The summed E-state index contributed by atoms with van der Waals surface area (Å²) in [7, 11) is 2.94. The number of aliphatic carboxylic acids is 1. The zero-order chi connectivity index (χ0) is 25.2.